The largest absolute Gasteiger partial charge is 0.465 e. The van der Waals surface area contributed by atoms with Crippen LogP contribution in [0.2, 0.25) is 0 Å². The summed E-state index contributed by atoms with van der Waals surface area (Å²) in [5, 5.41) is 13.7. The second kappa shape index (κ2) is 5.09. The number of thioether (sulfide) groups is 1. The van der Waals surface area contributed by atoms with Crippen LogP contribution in [0.1, 0.15) is 6.92 Å². The first-order valence-corrected chi connectivity index (χ1v) is 5.57. The summed E-state index contributed by atoms with van der Waals surface area (Å²) in [5.74, 6) is 1.95. The van der Waals surface area contributed by atoms with Crippen LogP contribution >= 0.6 is 11.8 Å². The van der Waals surface area contributed by atoms with E-state index in [0.29, 0.717) is 12.2 Å². The third kappa shape index (κ3) is 2.80. The van der Waals surface area contributed by atoms with Gasteiger partial charge in [0.15, 0.2) is 0 Å². The molecule has 2 amide bonds. The number of hydrogen-bond donors (Lipinski definition) is 3. The lowest BCUT2D eigenvalue weighted by Gasteiger charge is -2.35. The Morgan fingerprint density at radius 3 is 2.86 bits per heavy atom. The number of amides is 2. The van der Waals surface area contributed by atoms with Gasteiger partial charge in [-0.15, -0.1) is 0 Å². The molecule has 1 aliphatic heterocycles. The molecule has 0 aromatic rings. The van der Waals surface area contributed by atoms with Crippen LogP contribution < -0.4 is 10.6 Å². The van der Waals surface area contributed by atoms with Gasteiger partial charge in [-0.25, -0.2) is 4.79 Å². The summed E-state index contributed by atoms with van der Waals surface area (Å²) in [4.78, 5) is 20.8. The molecule has 1 heterocycles. The van der Waals surface area contributed by atoms with E-state index in [1.165, 1.54) is 0 Å². The first-order valence-electron chi connectivity index (χ1n) is 4.42. The van der Waals surface area contributed by atoms with Gasteiger partial charge in [-0.1, -0.05) is 6.92 Å². The van der Waals surface area contributed by atoms with Gasteiger partial charge in [0, 0.05) is 5.75 Å². The summed E-state index contributed by atoms with van der Waals surface area (Å²) < 4.78 is 0. The van der Waals surface area contributed by atoms with E-state index in [0.717, 1.165) is 5.75 Å². The Morgan fingerprint density at radius 1 is 1.57 bits per heavy atom. The molecule has 0 aromatic heterocycles. The van der Waals surface area contributed by atoms with Crippen molar-refractivity contribution in [3.05, 3.63) is 0 Å². The van der Waals surface area contributed by atoms with Crippen molar-refractivity contribution in [3.63, 3.8) is 0 Å². The number of carboxylic acid groups (broad SMARTS) is 1. The molecule has 0 spiro atoms. The van der Waals surface area contributed by atoms with Gasteiger partial charge >= 0.3 is 6.09 Å². The summed E-state index contributed by atoms with van der Waals surface area (Å²) in [6, 6.07) is -0.281. The van der Waals surface area contributed by atoms with Crippen LogP contribution in [-0.2, 0) is 4.79 Å². The number of rotatable bonds is 3. The van der Waals surface area contributed by atoms with Gasteiger partial charge in [0.1, 0.15) is 0 Å². The number of carbonyl (C=O) groups excluding carboxylic acids is 1. The van der Waals surface area contributed by atoms with Crippen molar-refractivity contribution in [2.45, 2.75) is 19.0 Å². The zero-order chi connectivity index (χ0) is 10.6. The predicted octanol–water partition coefficient (Wildman–Crippen LogP) is 0.120. The Kier molecular flexibility index (Phi) is 4.06. The molecule has 1 aliphatic rings. The molecular formula is C8H14N2O3S. The van der Waals surface area contributed by atoms with Crippen molar-refractivity contribution < 1.29 is 14.7 Å². The summed E-state index contributed by atoms with van der Waals surface area (Å²) in [7, 11) is 0. The highest BCUT2D eigenvalue weighted by Gasteiger charge is 2.31. The van der Waals surface area contributed by atoms with E-state index in [-0.39, 0.29) is 18.0 Å². The van der Waals surface area contributed by atoms with Crippen LogP contribution in [0.15, 0.2) is 0 Å². The summed E-state index contributed by atoms with van der Waals surface area (Å²) in [5.41, 5.74) is 0. The Labute approximate surface area is 86.6 Å². The molecule has 1 rings (SSSR count). The minimum Gasteiger partial charge on any atom is -0.465 e. The fraction of sp³-hybridized carbons (Fsp3) is 0.750. The number of hydrogen-bond acceptors (Lipinski definition) is 3. The molecule has 80 valence electrons. The highest BCUT2D eigenvalue weighted by atomic mass is 32.2. The Bertz CT molecular complexity index is 225. The molecule has 5 nitrogen and oxygen atoms in total. The maximum atomic E-state index is 10.5. The van der Waals surface area contributed by atoms with Crippen LogP contribution in [0.5, 0.6) is 0 Å². The topological polar surface area (TPSA) is 78.4 Å². The molecule has 1 unspecified atom stereocenters. The highest BCUT2D eigenvalue weighted by molar-refractivity contribution is 7.99. The third-order valence-electron chi connectivity index (χ3n) is 2.29. The molecule has 0 radical (unpaired) electrons. The van der Waals surface area contributed by atoms with Crippen molar-refractivity contribution in [2.75, 3.05) is 11.5 Å². The molecule has 3 N–H and O–H groups in total. The Morgan fingerprint density at radius 2 is 2.29 bits per heavy atom. The van der Waals surface area contributed by atoms with E-state index in [4.69, 9.17) is 5.11 Å². The van der Waals surface area contributed by atoms with Crippen molar-refractivity contribution in [2.24, 2.45) is 5.92 Å². The van der Waals surface area contributed by atoms with Crippen LogP contribution in [0, 0.1) is 5.92 Å². The average Bonchev–Trinajstić information content (AvgIpc) is 2.10. The van der Waals surface area contributed by atoms with Crippen molar-refractivity contribution >= 4 is 24.3 Å². The lowest BCUT2D eigenvalue weighted by atomic mass is 9.97. The van der Waals surface area contributed by atoms with Gasteiger partial charge in [-0.05, 0) is 11.7 Å². The SMILES string of the molecule is CC1CSC[C@H](NC(=O)O)[C@@H]1NC=O. The molecular weight excluding hydrogens is 204 g/mol. The van der Waals surface area contributed by atoms with Gasteiger partial charge in [-0.3, -0.25) is 4.79 Å². The zero-order valence-electron chi connectivity index (χ0n) is 7.90. The van der Waals surface area contributed by atoms with E-state index in [2.05, 4.69) is 10.6 Å². The van der Waals surface area contributed by atoms with Crippen LogP contribution in [0.4, 0.5) is 4.79 Å². The molecule has 14 heavy (non-hydrogen) atoms. The lowest BCUT2D eigenvalue weighted by molar-refractivity contribution is -0.110. The summed E-state index contributed by atoms with van der Waals surface area (Å²) in [6.45, 7) is 2.00. The van der Waals surface area contributed by atoms with Crippen LogP contribution in [0.25, 0.3) is 0 Å². The van der Waals surface area contributed by atoms with E-state index >= 15 is 0 Å². The first-order chi connectivity index (χ1) is 6.65. The fourth-order valence-electron chi connectivity index (χ4n) is 1.63. The van der Waals surface area contributed by atoms with E-state index < -0.39 is 6.09 Å². The lowest BCUT2D eigenvalue weighted by Crippen LogP contribution is -2.56. The van der Waals surface area contributed by atoms with Crippen molar-refractivity contribution in [1.29, 1.82) is 0 Å². The Balaban J connectivity index is 2.58. The van der Waals surface area contributed by atoms with Gasteiger partial charge < -0.3 is 15.7 Å². The molecule has 1 fully saturated rings. The van der Waals surface area contributed by atoms with Crippen molar-refractivity contribution in [1.82, 2.24) is 10.6 Å². The smallest absolute Gasteiger partial charge is 0.404 e. The standard InChI is InChI=1S/C8H14N2O3S/c1-5-2-14-3-6(10-8(12)13)7(5)9-4-11/h4-7,10H,2-3H2,1H3,(H,9,11)(H,12,13)/t5?,6-,7+/m0/s1. The number of nitrogens with one attached hydrogen (secondary N) is 2. The number of carbonyl (C=O) groups is 2. The zero-order valence-corrected chi connectivity index (χ0v) is 8.71. The van der Waals surface area contributed by atoms with Gasteiger partial charge in [0.2, 0.25) is 6.41 Å². The maximum Gasteiger partial charge on any atom is 0.404 e. The van der Waals surface area contributed by atoms with E-state index in [1.54, 1.807) is 11.8 Å². The molecule has 6 heteroatoms. The summed E-state index contributed by atoms with van der Waals surface area (Å²) in [6.07, 6.45) is -0.407. The van der Waals surface area contributed by atoms with Crippen LogP contribution in [-0.4, -0.2) is 41.2 Å². The quantitative estimate of drug-likeness (QED) is 0.588. The molecule has 0 aromatic carbocycles. The second-order valence-corrected chi connectivity index (χ2v) is 4.46. The van der Waals surface area contributed by atoms with Gasteiger partial charge in [-0.2, -0.15) is 11.8 Å². The first kappa shape index (κ1) is 11.2. The predicted molar refractivity (Wildman–Crippen MR) is 54.4 cm³/mol. The highest BCUT2D eigenvalue weighted by Crippen LogP contribution is 2.23. The van der Waals surface area contributed by atoms with E-state index in [1.807, 2.05) is 6.92 Å². The minimum atomic E-state index is -1.04. The molecule has 0 saturated carbocycles. The average molecular weight is 218 g/mol. The monoisotopic (exact) mass is 218 g/mol. The van der Waals surface area contributed by atoms with E-state index in [9.17, 15) is 9.59 Å². The minimum absolute atomic E-state index is 0.0927. The normalized spacial score (nSPS) is 31.9. The van der Waals surface area contributed by atoms with Gasteiger partial charge in [0.05, 0.1) is 12.1 Å². The summed E-state index contributed by atoms with van der Waals surface area (Å²) >= 11 is 1.70. The molecule has 1 saturated heterocycles. The second-order valence-electron chi connectivity index (χ2n) is 3.38. The van der Waals surface area contributed by atoms with Crippen molar-refractivity contribution in [3.8, 4) is 0 Å². The maximum absolute atomic E-state index is 10.5. The third-order valence-corrected chi connectivity index (χ3v) is 3.65. The van der Waals surface area contributed by atoms with Gasteiger partial charge in [0.25, 0.3) is 0 Å². The molecule has 0 aliphatic carbocycles. The fourth-order valence-corrected chi connectivity index (χ4v) is 2.89. The Hall–Kier alpha value is -0.910. The van der Waals surface area contributed by atoms with Crippen LogP contribution in [0.3, 0.4) is 0 Å². The molecule has 0 bridgehead atoms. The molecule has 3 atom stereocenters.